The first kappa shape index (κ1) is 12.3. The van der Waals surface area contributed by atoms with Gasteiger partial charge in [-0.3, -0.25) is 4.79 Å². The number of rotatable bonds is 3. The Kier molecular flexibility index (Phi) is 8.18. The van der Waals surface area contributed by atoms with Crippen molar-refractivity contribution in [3.8, 4) is 6.07 Å². The van der Waals surface area contributed by atoms with Gasteiger partial charge in [0.2, 0.25) is 0 Å². The van der Waals surface area contributed by atoms with Crippen LogP contribution in [0.25, 0.3) is 0 Å². The Morgan fingerprint density at radius 1 is 1.80 bits per heavy atom. The summed E-state index contributed by atoms with van der Waals surface area (Å²) < 4.78 is 0. The third-order valence-electron chi connectivity index (χ3n) is 1.01. The molecular weight excluding hydrogens is 125 g/mol. The van der Waals surface area contributed by atoms with E-state index in [1.807, 2.05) is 6.07 Å². The molecule has 0 spiro atoms. The van der Waals surface area contributed by atoms with Crippen LogP contribution in [0.4, 0.5) is 0 Å². The summed E-state index contributed by atoms with van der Waals surface area (Å²) in [5.41, 5.74) is 0. The van der Waals surface area contributed by atoms with E-state index in [9.17, 15) is 4.79 Å². The van der Waals surface area contributed by atoms with Crippen molar-refractivity contribution in [1.82, 2.24) is 0 Å². The summed E-state index contributed by atoms with van der Waals surface area (Å²) in [5.74, 6) is -0.974. The van der Waals surface area contributed by atoms with E-state index in [4.69, 9.17) is 10.4 Å². The monoisotopic (exact) mass is 135 g/mol. The molecule has 1 unspecified atom stereocenters. The predicted octanol–water partition coefficient (Wildman–Crippen LogP) is 0.362. The second kappa shape index (κ2) is 6.67. The summed E-state index contributed by atoms with van der Waals surface area (Å²) in [6.07, 6.45) is 0.542. The molecule has 0 fully saturated rings. The van der Waals surface area contributed by atoms with Gasteiger partial charge in [0.25, 0.3) is 0 Å². The van der Waals surface area contributed by atoms with Crippen LogP contribution in [0.2, 0.25) is 0 Å². The Morgan fingerprint density at radius 3 is 2.60 bits per heavy atom. The molecule has 10 heavy (non-hydrogen) atoms. The van der Waals surface area contributed by atoms with Crippen molar-refractivity contribution >= 4 is 24.8 Å². The molecule has 0 aromatic carbocycles. The van der Waals surface area contributed by atoms with E-state index in [1.165, 1.54) is 0 Å². The number of carboxylic acid groups (broad SMARTS) is 1. The van der Waals surface area contributed by atoms with Gasteiger partial charge in [-0.2, -0.15) is 5.26 Å². The molecule has 0 saturated carbocycles. The molecule has 0 aliphatic carbocycles. The van der Waals surface area contributed by atoms with Gasteiger partial charge in [0, 0.05) is 12.3 Å². The van der Waals surface area contributed by atoms with Crippen molar-refractivity contribution in [1.29, 1.82) is 5.26 Å². The van der Waals surface area contributed by atoms with Crippen LogP contribution in [0, 0.1) is 17.2 Å². The number of carbonyl (C=O) groups is 1. The molecule has 4 heteroatoms. The van der Waals surface area contributed by atoms with Crippen molar-refractivity contribution in [2.75, 3.05) is 0 Å². The summed E-state index contributed by atoms with van der Waals surface area (Å²) in [6, 6.07) is 1.96. The fourth-order valence-corrected chi connectivity index (χ4v) is 0.405. The van der Waals surface area contributed by atoms with E-state index in [0.29, 0.717) is 6.42 Å². The fraction of sp³-hybridized carbons (Fsp3) is 0.667. The van der Waals surface area contributed by atoms with Crippen molar-refractivity contribution in [3.05, 3.63) is 0 Å². The summed E-state index contributed by atoms with van der Waals surface area (Å²) >= 11 is 0. The Bertz CT molecular complexity index is 141. The van der Waals surface area contributed by atoms with E-state index in [2.05, 4.69) is 0 Å². The molecule has 0 heterocycles. The van der Waals surface area contributed by atoms with Gasteiger partial charge in [-0.15, -0.1) is 0 Å². The predicted molar refractivity (Wildman–Crippen MR) is 38.8 cm³/mol. The molecule has 3 nitrogen and oxygen atoms in total. The van der Waals surface area contributed by atoms with E-state index < -0.39 is 5.97 Å². The van der Waals surface area contributed by atoms with Gasteiger partial charge in [-0.25, -0.2) is 0 Å². The number of carboxylic acids is 1. The van der Waals surface area contributed by atoms with Crippen LogP contribution in [-0.4, -0.2) is 29.9 Å². The van der Waals surface area contributed by atoms with Crippen LogP contribution >= 0.6 is 0 Å². The maximum atomic E-state index is 9.91. The quantitative estimate of drug-likeness (QED) is 0.568. The number of aliphatic carboxylic acids is 1. The number of nitrogens with zero attached hydrogens (tertiary/aromatic N) is 1. The van der Waals surface area contributed by atoms with Crippen LogP contribution < -0.4 is 0 Å². The number of hydrogen-bond donors (Lipinski definition) is 1. The van der Waals surface area contributed by atoms with Crippen molar-refractivity contribution in [3.63, 3.8) is 0 Å². The van der Waals surface area contributed by atoms with Gasteiger partial charge in [0.1, 0.15) is 0 Å². The first-order valence-corrected chi connectivity index (χ1v) is 2.78. The Morgan fingerprint density at radius 2 is 2.30 bits per heavy atom. The van der Waals surface area contributed by atoms with Gasteiger partial charge in [-0.05, 0) is 13.3 Å². The maximum absolute atomic E-state index is 9.91. The SMILES string of the molecule is CC(C#N)CCC(=O)O.[LiH]. The minimum absolute atomic E-state index is 0. The molecule has 0 radical (unpaired) electrons. The average molecular weight is 135 g/mol. The zero-order chi connectivity index (χ0) is 7.28. The first-order valence-electron chi connectivity index (χ1n) is 2.78. The first-order chi connectivity index (χ1) is 4.16. The fourth-order valence-electron chi connectivity index (χ4n) is 0.405. The second-order valence-electron chi connectivity index (χ2n) is 1.96. The van der Waals surface area contributed by atoms with E-state index in [0.717, 1.165) is 0 Å². The molecule has 0 rings (SSSR count). The topological polar surface area (TPSA) is 61.1 Å². The normalized spacial score (nSPS) is 10.8. The van der Waals surface area contributed by atoms with Crippen LogP contribution in [0.15, 0.2) is 0 Å². The zero-order valence-electron chi connectivity index (χ0n) is 5.29. The molecule has 0 aliphatic heterocycles. The molecule has 0 bridgehead atoms. The summed E-state index contributed by atoms with van der Waals surface area (Å²) in [7, 11) is 0. The van der Waals surface area contributed by atoms with Crippen molar-refractivity contribution in [2.45, 2.75) is 19.8 Å². The molecule has 0 aromatic heterocycles. The summed E-state index contributed by atoms with van der Waals surface area (Å²) in [4.78, 5) is 9.91. The van der Waals surface area contributed by atoms with Crippen molar-refractivity contribution < 1.29 is 9.90 Å². The van der Waals surface area contributed by atoms with E-state index >= 15 is 0 Å². The Balaban J connectivity index is 0. The van der Waals surface area contributed by atoms with Crippen LogP contribution in [-0.2, 0) is 4.79 Å². The number of nitriles is 1. The van der Waals surface area contributed by atoms with Gasteiger partial charge in [0.05, 0.1) is 6.07 Å². The molecule has 0 saturated heterocycles. The molecule has 1 atom stereocenters. The third kappa shape index (κ3) is 7.56. The molecular formula is C6H10LiNO2. The second-order valence-corrected chi connectivity index (χ2v) is 1.96. The number of hydrogen-bond acceptors (Lipinski definition) is 2. The van der Waals surface area contributed by atoms with Crippen molar-refractivity contribution in [2.24, 2.45) is 5.92 Å². The molecule has 0 amide bonds. The van der Waals surface area contributed by atoms with Crippen LogP contribution in [0.5, 0.6) is 0 Å². The average Bonchev–Trinajstić information content (AvgIpc) is 1.83. The minimum atomic E-state index is -0.836. The molecule has 0 aromatic rings. The zero-order valence-corrected chi connectivity index (χ0v) is 5.29. The Labute approximate surface area is 72.2 Å². The molecule has 52 valence electrons. The summed E-state index contributed by atoms with van der Waals surface area (Å²) in [5, 5.41) is 16.4. The van der Waals surface area contributed by atoms with Gasteiger partial charge in [-0.1, -0.05) is 0 Å². The Hall–Kier alpha value is -0.443. The van der Waals surface area contributed by atoms with E-state index in [1.54, 1.807) is 6.92 Å². The van der Waals surface area contributed by atoms with E-state index in [-0.39, 0.29) is 31.2 Å². The van der Waals surface area contributed by atoms with Gasteiger partial charge < -0.3 is 5.11 Å². The van der Waals surface area contributed by atoms with Gasteiger partial charge in [0.15, 0.2) is 0 Å². The summed E-state index contributed by atoms with van der Waals surface area (Å²) in [6.45, 7) is 1.71. The molecule has 0 aliphatic rings. The standard InChI is InChI=1S/C6H9NO2.Li.H/c1-5(4-7)2-3-6(8)9;;/h5H,2-3H2,1H3,(H,8,9);;. The van der Waals surface area contributed by atoms with Crippen LogP contribution in [0.3, 0.4) is 0 Å². The van der Waals surface area contributed by atoms with Crippen LogP contribution in [0.1, 0.15) is 19.8 Å². The third-order valence-corrected chi connectivity index (χ3v) is 1.01. The molecule has 1 N–H and O–H groups in total. The van der Waals surface area contributed by atoms with Gasteiger partial charge >= 0.3 is 24.8 Å².